The molecule has 4 unspecified atom stereocenters. The lowest BCUT2D eigenvalue weighted by Gasteiger charge is -2.47. The lowest BCUT2D eigenvalue weighted by atomic mass is 9.82. The van der Waals surface area contributed by atoms with Crippen LogP contribution in [0.15, 0.2) is 48.5 Å². The van der Waals surface area contributed by atoms with E-state index in [2.05, 4.69) is 27.7 Å². The minimum Gasteiger partial charge on any atom is -0.459 e. The van der Waals surface area contributed by atoms with Gasteiger partial charge in [-0.05, 0) is 74.9 Å². The number of carbonyl (C=O) groups is 2. The zero-order chi connectivity index (χ0) is 31.0. The van der Waals surface area contributed by atoms with Crippen LogP contribution in [0.25, 0.3) is 11.1 Å². The van der Waals surface area contributed by atoms with E-state index in [-0.39, 0.29) is 48.1 Å². The quantitative estimate of drug-likeness (QED) is 0.339. The second-order valence-corrected chi connectivity index (χ2v) is 14.0. The average molecular weight is 581 g/mol. The molecule has 2 heterocycles. The van der Waals surface area contributed by atoms with Crippen molar-refractivity contribution in [3.63, 3.8) is 0 Å². The molecule has 0 radical (unpaired) electrons. The van der Waals surface area contributed by atoms with Gasteiger partial charge in [-0.3, -0.25) is 0 Å². The van der Waals surface area contributed by atoms with E-state index in [0.717, 1.165) is 11.1 Å². The Bertz CT molecular complexity index is 1140. The van der Waals surface area contributed by atoms with E-state index in [0.29, 0.717) is 36.8 Å². The zero-order valence-electron chi connectivity index (χ0n) is 26.3. The van der Waals surface area contributed by atoms with Gasteiger partial charge in [0.15, 0.2) is 0 Å². The van der Waals surface area contributed by atoms with Gasteiger partial charge in [0, 0.05) is 48.8 Å². The highest BCUT2D eigenvalue weighted by Gasteiger charge is 2.44. The van der Waals surface area contributed by atoms with Crippen LogP contribution in [0.1, 0.15) is 102 Å². The third kappa shape index (κ3) is 7.05. The summed E-state index contributed by atoms with van der Waals surface area (Å²) in [4.78, 5) is 25.9. The van der Waals surface area contributed by atoms with Gasteiger partial charge < -0.3 is 19.9 Å². The Morgan fingerprint density at radius 1 is 0.667 bits per heavy atom. The lowest BCUT2D eigenvalue weighted by molar-refractivity contribution is -0.235. The molecule has 0 amide bonds. The second kappa shape index (κ2) is 12.4. The van der Waals surface area contributed by atoms with Gasteiger partial charge in [-0.1, -0.05) is 52.0 Å². The number of benzene rings is 2. The Morgan fingerprint density at radius 3 is 1.26 bits per heavy atom. The molecule has 2 aliphatic heterocycles. The highest BCUT2D eigenvalue weighted by molar-refractivity contribution is 5.91. The monoisotopic (exact) mass is 580 g/mol. The van der Waals surface area contributed by atoms with Crippen molar-refractivity contribution in [3.8, 4) is 11.1 Å². The van der Waals surface area contributed by atoms with Crippen molar-refractivity contribution in [1.29, 1.82) is 0 Å². The molecule has 2 aromatic rings. The Hall–Kier alpha value is -2.78. The third-order valence-corrected chi connectivity index (χ3v) is 8.99. The summed E-state index contributed by atoms with van der Waals surface area (Å²) in [6.45, 7) is 16.1. The summed E-state index contributed by atoms with van der Waals surface area (Å²) in [5, 5.41) is 24.1. The fourth-order valence-corrected chi connectivity index (χ4v) is 6.43. The maximum Gasteiger partial charge on any atom is 0.338 e. The fourth-order valence-electron chi connectivity index (χ4n) is 6.43. The van der Waals surface area contributed by atoms with Gasteiger partial charge in [0.05, 0.1) is 11.1 Å². The highest BCUT2D eigenvalue weighted by atomic mass is 16.6. The van der Waals surface area contributed by atoms with Gasteiger partial charge in [-0.25, -0.2) is 9.59 Å². The minimum atomic E-state index is -0.481. The molecule has 0 spiro atoms. The Labute approximate surface area is 250 Å². The topological polar surface area (TPSA) is 99.5 Å². The van der Waals surface area contributed by atoms with Gasteiger partial charge in [-0.15, -0.1) is 0 Å². The normalized spacial score (nSPS) is 26.3. The van der Waals surface area contributed by atoms with Crippen molar-refractivity contribution in [1.82, 2.24) is 10.1 Å². The van der Waals surface area contributed by atoms with Crippen molar-refractivity contribution < 1.29 is 29.5 Å². The van der Waals surface area contributed by atoms with Crippen LogP contribution in [0.4, 0.5) is 0 Å². The molecule has 8 nitrogen and oxygen atoms in total. The standard InChI is InChI=1S/C34H48N2O6/c1-21(2)29-17-27(19-33(5,6)35(29)39)41-31(37)25-13-9-23(10-14-25)24-11-15-26(16-12-24)32(38)42-28-18-30(22(3)4)36(40)34(7,8)20-28/h9-16,21-22,27-30,39-40H,17-20H2,1-8H3. The number of nitrogens with zero attached hydrogens (tertiary/aromatic N) is 2. The number of rotatable bonds is 7. The molecule has 42 heavy (non-hydrogen) atoms. The zero-order valence-corrected chi connectivity index (χ0v) is 26.3. The van der Waals surface area contributed by atoms with Crippen LogP contribution in [0, 0.1) is 11.8 Å². The number of hydrogen-bond donors (Lipinski definition) is 2. The fraction of sp³-hybridized carbons (Fsp3) is 0.588. The van der Waals surface area contributed by atoms with Crippen LogP contribution in [0.3, 0.4) is 0 Å². The first-order valence-electron chi connectivity index (χ1n) is 15.2. The van der Waals surface area contributed by atoms with E-state index in [4.69, 9.17) is 9.47 Å². The smallest absolute Gasteiger partial charge is 0.338 e. The van der Waals surface area contributed by atoms with Gasteiger partial charge in [0.2, 0.25) is 0 Å². The maximum absolute atomic E-state index is 13.0. The number of hydroxylamine groups is 4. The van der Waals surface area contributed by atoms with E-state index in [9.17, 15) is 20.0 Å². The Balaban J connectivity index is 1.37. The van der Waals surface area contributed by atoms with E-state index in [1.165, 1.54) is 10.1 Å². The molecule has 4 atom stereocenters. The molecule has 4 rings (SSSR count). The lowest BCUT2D eigenvalue weighted by Crippen LogP contribution is -2.57. The predicted molar refractivity (Wildman–Crippen MR) is 161 cm³/mol. The second-order valence-electron chi connectivity index (χ2n) is 14.0. The largest absolute Gasteiger partial charge is 0.459 e. The molecular weight excluding hydrogens is 532 g/mol. The van der Waals surface area contributed by atoms with Crippen molar-refractivity contribution >= 4 is 11.9 Å². The van der Waals surface area contributed by atoms with E-state index >= 15 is 0 Å². The van der Waals surface area contributed by atoms with Crippen LogP contribution in [-0.4, -0.2) is 67.8 Å². The molecule has 0 bridgehead atoms. The summed E-state index contributed by atoms with van der Waals surface area (Å²) in [5.41, 5.74) is 1.81. The first-order chi connectivity index (χ1) is 19.6. The van der Waals surface area contributed by atoms with E-state index < -0.39 is 11.1 Å². The summed E-state index contributed by atoms with van der Waals surface area (Å²) in [6, 6.07) is 14.4. The molecule has 2 saturated heterocycles. The molecule has 2 aromatic carbocycles. The summed E-state index contributed by atoms with van der Waals surface area (Å²) in [7, 11) is 0. The van der Waals surface area contributed by atoms with Gasteiger partial charge in [0.1, 0.15) is 12.2 Å². The van der Waals surface area contributed by atoms with Crippen LogP contribution in [0.2, 0.25) is 0 Å². The number of hydrogen-bond acceptors (Lipinski definition) is 8. The van der Waals surface area contributed by atoms with Gasteiger partial charge in [-0.2, -0.15) is 10.1 Å². The molecule has 2 N–H and O–H groups in total. The highest BCUT2D eigenvalue weighted by Crippen LogP contribution is 2.36. The molecule has 230 valence electrons. The number of esters is 2. The van der Waals surface area contributed by atoms with Gasteiger partial charge >= 0.3 is 11.9 Å². The van der Waals surface area contributed by atoms with Crippen molar-refractivity contribution in [2.45, 2.75) is 116 Å². The Morgan fingerprint density at radius 2 is 0.976 bits per heavy atom. The van der Waals surface area contributed by atoms with E-state index in [1.807, 2.05) is 52.0 Å². The predicted octanol–water partition coefficient (Wildman–Crippen LogP) is 6.98. The summed E-state index contributed by atoms with van der Waals surface area (Å²) >= 11 is 0. The molecule has 2 aliphatic rings. The first kappa shape index (κ1) is 32.1. The minimum absolute atomic E-state index is 0.0773. The van der Waals surface area contributed by atoms with Gasteiger partial charge in [0.25, 0.3) is 0 Å². The van der Waals surface area contributed by atoms with E-state index in [1.54, 1.807) is 24.3 Å². The molecular formula is C34H48N2O6. The van der Waals surface area contributed by atoms with Crippen LogP contribution in [0.5, 0.6) is 0 Å². The summed E-state index contributed by atoms with van der Waals surface area (Å²) in [5.74, 6) is -0.284. The molecule has 8 heteroatoms. The summed E-state index contributed by atoms with van der Waals surface area (Å²) in [6.07, 6.45) is 1.76. The van der Waals surface area contributed by atoms with Crippen LogP contribution in [-0.2, 0) is 9.47 Å². The number of ether oxygens (including phenoxy) is 2. The van der Waals surface area contributed by atoms with Crippen LogP contribution < -0.4 is 0 Å². The average Bonchev–Trinajstić information content (AvgIpc) is 2.92. The van der Waals surface area contributed by atoms with Crippen molar-refractivity contribution in [2.24, 2.45) is 11.8 Å². The Kier molecular flexibility index (Phi) is 9.53. The molecule has 0 aliphatic carbocycles. The number of carbonyl (C=O) groups excluding carboxylic acids is 2. The van der Waals surface area contributed by atoms with Crippen LogP contribution >= 0.6 is 0 Å². The maximum atomic E-state index is 13.0. The third-order valence-electron chi connectivity index (χ3n) is 8.99. The molecule has 2 fully saturated rings. The van der Waals surface area contributed by atoms with Crippen molar-refractivity contribution in [2.75, 3.05) is 0 Å². The SMILES string of the molecule is CC(C)C1CC(OC(=O)c2ccc(-c3ccc(C(=O)OC4CC(C(C)C)N(O)C(C)(C)C4)cc3)cc2)CC(C)(C)N1O. The summed E-state index contributed by atoms with van der Waals surface area (Å²) < 4.78 is 11.8. The first-order valence-corrected chi connectivity index (χ1v) is 15.2. The molecule has 0 saturated carbocycles. The van der Waals surface area contributed by atoms with Crippen molar-refractivity contribution in [3.05, 3.63) is 59.7 Å². The molecule has 0 aromatic heterocycles. The number of piperidine rings is 2.